The molecule has 8 nitrogen and oxygen atoms in total. The lowest BCUT2D eigenvalue weighted by Gasteiger charge is -2.30. The van der Waals surface area contributed by atoms with Crippen LogP contribution in [-0.4, -0.2) is 36.8 Å². The second-order valence-corrected chi connectivity index (χ2v) is 9.84. The maximum Gasteiger partial charge on any atom is 0.246 e. The first-order valence-corrected chi connectivity index (χ1v) is 12.1. The summed E-state index contributed by atoms with van der Waals surface area (Å²) in [5.41, 5.74) is 2.30. The molecule has 0 fully saturated rings. The van der Waals surface area contributed by atoms with Crippen molar-refractivity contribution in [2.75, 3.05) is 10.6 Å². The molecule has 0 unspecified atom stereocenters. The van der Waals surface area contributed by atoms with Crippen LogP contribution in [0.3, 0.4) is 0 Å². The zero-order valence-corrected chi connectivity index (χ0v) is 18.9. The van der Waals surface area contributed by atoms with Crippen molar-refractivity contribution in [1.29, 1.82) is 0 Å². The van der Waals surface area contributed by atoms with Gasteiger partial charge in [-0.1, -0.05) is 24.2 Å². The Balaban J connectivity index is 1.79. The molecule has 3 rings (SSSR count). The summed E-state index contributed by atoms with van der Waals surface area (Å²) in [6.45, 7) is 5.56. The summed E-state index contributed by atoms with van der Waals surface area (Å²) in [7, 11) is -3.69. The minimum atomic E-state index is -3.69. The van der Waals surface area contributed by atoms with E-state index in [0.29, 0.717) is 17.9 Å². The topological polar surface area (TPSA) is 105 Å². The van der Waals surface area contributed by atoms with Gasteiger partial charge in [0.25, 0.3) is 0 Å². The fourth-order valence-electron chi connectivity index (χ4n) is 3.25. The highest BCUT2D eigenvalue weighted by Gasteiger charge is 2.31. The lowest BCUT2D eigenvalue weighted by Crippen LogP contribution is -2.49. The van der Waals surface area contributed by atoms with Crippen molar-refractivity contribution in [2.24, 2.45) is 0 Å². The van der Waals surface area contributed by atoms with E-state index in [1.54, 1.807) is 19.1 Å². The molecule has 0 aliphatic rings. The molecule has 10 heteroatoms. The minimum absolute atomic E-state index is 0.0121. The SMILES string of the molecule is CC[C@H](C(=O)NCc1nc(-c2cccs2)no1)N(c1cc(C)cc(C)c1)S(C)(=O)=O. The van der Waals surface area contributed by atoms with E-state index in [1.807, 2.05) is 37.4 Å². The molecule has 1 atom stereocenters. The quantitative estimate of drug-likeness (QED) is 0.567. The molecule has 2 aromatic heterocycles. The number of carbonyl (C=O) groups excluding carboxylic acids is 1. The highest BCUT2D eigenvalue weighted by atomic mass is 32.2. The van der Waals surface area contributed by atoms with Gasteiger partial charge in [-0.3, -0.25) is 9.10 Å². The number of aromatic nitrogens is 2. The Kier molecular flexibility index (Phi) is 6.57. The van der Waals surface area contributed by atoms with Gasteiger partial charge >= 0.3 is 0 Å². The maximum atomic E-state index is 12.9. The first-order valence-electron chi connectivity index (χ1n) is 9.41. The van der Waals surface area contributed by atoms with Crippen LogP contribution in [0.2, 0.25) is 0 Å². The van der Waals surface area contributed by atoms with Crippen molar-refractivity contribution in [3.8, 4) is 10.7 Å². The van der Waals surface area contributed by atoms with Gasteiger partial charge < -0.3 is 9.84 Å². The lowest BCUT2D eigenvalue weighted by molar-refractivity contribution is -0.122. The normalized spacial score (nSPS) is 12.5. The molecule has 0 saturated carbocycles. The highest BCUT2D eigenvalue weighted by molar-refractivity contribution is 7.92. The predicted molar refractivity (Wildman–Crippen MR) is 117 cm³/mol. The van der Waals surface area contributed by atoms with Gasteiger partial charge in [0.05, 0.1) is 23.4 Å². The Morgan fingerprint density at radius 2 is 1.97 bits per heavy atom. The molecule has 160 valence electrons. The van der Waals surface area contributed by atoms with Crippen molar-refractivity contribution < 1.29 is 17.7 Å². The summed E-state index contributed by atoms with van der Waals surface area (Å²) in [6, 6.07) is 8.33. The van der Waals surface area contributed by atoms with E-state index in [1.165, 1.54) is 15.6 Å². The van der Waals surface area contributed by atoms with Gasteiger partial charge in [0, 0.05) is 0 Å². The number of amides is 1. The van der Waals surface area contributed by atoms with Crippen LogP contribution in [0.25, 0.3) is 10.7 Å². The second kappa shape index (κ2) is 8.97. The summed E-state index contributed by atoms with van der Waals surface area (Å²) in [5.74, 6) is 0.270. The van der Waals surface area contributed by atoms with Gasteiger partial charge in [0.15, 0.2) is 0 Å². The third kappa shape index (κ3) is 5.06. The number of benzene rings is 1. The van der Waals surface area contributed by atoms with Crippen molar-refractivity contribution in [3.63, 3.8) is 0 Å². The van der Waals surface area contributed by atoms with Crippen molar-refractivity contribution in [1.82, 2.24) is 15.5 Å². The monoisotopic (exact) mass is 448 g/mol. The number of carbonyl (C=O) groups is 1. The number of hydrogen-bond acceptors (Lipinski definition) is 7. The van der Waals surface area contributed by atoms with E-state index in [0.717, 1.165) is 22.3 Å². The van der Waals surface area contributed by atoms with Gasteiger partial charge in [-0.25, -0.2) is 8.42 Å². The Hall–Kier alpha value is -2.72. The average Bonchev–Trinajstić information content (AvgIpc) is 3.33. The van der Waals surface area contributed by atoms with E-state index in [-0.39, 0.29) is 12.4 Å². The average molecular weight is 449 g/mol. The van der Waals surface area contributed by atoms with E-state index < -0.39 is 22.0 Å². The number of sulfonamides is 1. The van der Waals surface area contributed by atoms with Crippen LogP contribution in [0.4, 0.5) is 5.69 Å². The largest absolute Gasteiger partial charge is 0.345 e. The second-order valence-electron chi connectivity index (χ2n) is 7.04. The fraction of sp³-hybridized carbons (Fsp3) is 0.350. The molecule has 0 aliphatic heterocycles. The first kappa shape index (κ1) is 22.0. The molecule has 0 spiro atoms. The van der Waals surface area contributed by atoms with E-state index in [9.17, 15) is 13.2 Å². The lowest BCUT2D eigenvalue weighted by atomic mass is 10.1. The molecule has 3 aromatic rings. The Labute approximate surface area is 180 Å². The first-order chi connectivity index (χ1) is 14.2. The molecule has 0 aliphatic carbocycles. The maximum absolute atomic E-state index is 12.9. The molecule has 0 bridgehead atoms. The standard InChI is InChI=1S/C20H24N4O4S2/c1-5-16(24(30(4,26)27)15-10-13(2)9-14(3)11-15)20(25)21-12-18-22-19(23-28-18)17-7-6-8-29-17/h6-11,16H,5,12H2,1-4H3,(H,21,25)/t16-/m1/s1. The number of hydrogen-bond donors (Lipinski definition) is 1. The number of nitrogens with one attached hydrogen (secondary N) is 1. The number of aryl methyl sites for hydroxylation is 2. The van der Waals surface area contributed by atoms with E-state index in [2.05, 4.69) is 15.5 Å². The zero-order chi connectivity index (χ0) is 21.9. The Morgan fingerprint density at radius 3 is 2.53 bits per heavy atom. The number of rotatable bonds is 8. The van der Waals surface area contributed by atoms with Crippen LogP contribution in [0.1, 0.15) is 30.4 Å². The fourth-order valence-corrected chi connectivity index (χ4v) is 5.10. The molecule has 0 radical (unpaired) electrons. The highest BCUT2D eigenvalue weighted by Crippen LogP contribution is 2.25. The number of anilines is 1. The molecule has 30 heavy (non-hydrogen) atoms. The van der Waals surface area contributed by atoms with Gasteiger partial charge in [0.2, 0.25) is 27.6 Å². The molecule has 2 heterocycles. The van der Waals surface area contributed by atoms with E-state index in [4.69, 9.17) is 4.52 Å². The van der Waals surface area contributed by atoms with Gasteiger partial charge in [-0.2, -0.15) is 4.98 Å². The van der Waals surface area contributed by atoms with Gasteiger partial charge in [0.1, 0.15) is 6.04 Å². The van der Waals surface area contributed by atoms with Crippen LogP contribution in [0.5, 0.6) is 0 Å². The molecule has 1 N–H and O–H groups in total. The molecular formula is C20H24N4O4S2. The third-order valence-electron chi connectivity index (χ3n) is 4.41. The van der Waals surface area contributed by atoms with Gasteiger partial charge in [-0.05, 0) is 55.0 Å². The predicted octanol–water partition coefficient (Wildman–Crippen LogP) is 3.28. The minimum Gasteiger partial charge on any atom is -0.345 e. The van der Waals surface area contributed by atoms with Crippen LogP contribution < -0.4 is 9.62 Å². The summed E-state index contributed by atoms with van der Waals surface area (Å²) in [5, 5.41) is 8.54. The van der Waals surface area contributed by atoms with Crippen LogP contribution in [-0.2, 0) is 21.4 Å². The summed E-state index contributed by atoms with van der Waals surface area (Å²) < 4.78 is 31.5. The molecule has 1 amide bonds. The van der Waals surface area contributed by atoms with Crippen LogP contribution in [0.15, 0.2) is 40.2 Å². The number of thiophene rings is 1. The Bertz CT molecular complexity index is 1100. The van der Waals surface area contributed by atoms with Gasteiger partial charge in [-0.15, -0.1) is 11.3 Å². The molecule has 1 aromatic carbocycles. The van der Waals surface area contributed by atoms with Crippen molar-refractivity contribution in [3.05, 3.63) is 52.7 Å². The van der Waals surface area contributed by atoms with E-state index >= 15 is 0 Å². The molecular weight excluding hydrogens is 424 g/mol. The summed E-state index contributed by atoms with van der Waals surface area (Å²) >= 11 is 1.48. The summed E-state index contributed by atoms with van der Waals surface area (Å²) in [6.07, 6.45) is 1.40. The Morgan fingerprint density at radius 1 is 1.27 bits per heavy atom. The van der Waals surface area contributed by atoms with Crippen molar-refractivity contribution in [2.45, 2.75) is 39.8 Å². The third-order valence-corrected chi connectivity index (χ3v) is 6.46. The molecule has 0 saturated heterocycles. The van der Waals surface area contributed by atoms with Crippen LogP contribution >= 0.6 is 11.3 Å². The van der Waals surface area contributed by atoms with Crippen molar-refractivity contribution >= 4 is 33.0 Å². The zero-order valence-electron chi connectivity index (χ0n) is 17.2. The van der Waals surface area contributed by atoms with Crippen LogP contribution in [0, 0.1) is 13.8 Å². The number of nitrogens with zero attached hydrogens (tertiary/aromatic N) is 3. The smallest absolute Gasteiger partial charge is 0.246 e. The summed E-state index contributed by atoms with van der Waals surface area (Å²) in [4.78, 5) is 18.0.